The highest BCUT2D eigenvalue weighted by Gasteiger charge is 2.04. The van der Waals surface area contributed by atoms with Crippen molar-refractivity contribution in [2.75, 3.05) is 6.61 Å². The topological polar surface area (TPSA) is 68.6 Å². The number of carbonyl (C=O) groups excluding carboxylic acids is 1. The van der Waals surface area contributed by atoms with Crippen molar-refractivity contribution in [1.82, 2.24) is 0 Å². The van der Waals surface area contributed by atoms with Gasteiger partial charge in [0, 0.05) is 6.42 Å². The Kier molecular flexibility index (Phi) is 7.33. The van der Waals surface area contributed by atoms with Crippen LogP contribution in [0.2, 0.25) is 0 Å². The Labute approximate surface area is 147 Å². The van der Waals surface area contributed by atoms with Crippen LogP contribution in [0, 0.1) is 18.4 Å². The largest absolute Gasteiger partial charge is 0.494 e. The van der Waals surface area contributed by atoms with Gasteiger partial charge in [-0.2, -0.15) is 0 Å². The maximum absolute atomic E-state index is 11.7. The summed E-state index contributed by atoms with van der Waals surface area (Å²) in [6.45, 7) is 2.56. The SMILES string of the molecule is Cc1ccc(OC(=O)CCCCCOc2ccc(OC#N)cc2)cc1. The lowest BCUT2D eigenvalue weighted by Crippen LogP contribution is -2.07. The van der Waals surface area contributed by atoms with Gasteiger partial charge in [-0.05, 0) is 62.6 Å². The predicted octanol–water partition coefficient (Wildman–Crippen LogP) is 4.40. The molecule has 0 spiro atoms. The van der Waals surface area contributed by atoms with Gasteiger partial charge in [-0.15, -0.1) is 5.26 Å². The second-order valence-corrected chi connectivity index (χ2v) is 5.61. The number of nitrogens with zero attached hydrogens (tertiary/aromatic N) is 1. The Hall–Kier alpha value is -3.00. The number of nitriles is 1. The van der Waals surface area contributed by atoms with E-state index in [-0.39, 0.29) is 5.97 Å². The van der Waals surface area contributed by atoms with E-state index in [1.54, 1.807) is 42.7 Å². The first-order valence-electron chi connectivity index (χ1n) is 8.23. The summed E-state index contributed by atoms with van der Waals surface area (Å²) in [6.07, 6.45) is 4.52. The summed E-state index contributed by atoms with van der Waals surface area (Å²) in [5.41, 5.74) is 1.13. The lowest BCUT2D eigenvalue weighted by atomic mass is 10.2. The van der Waals surface area contributed by atoms with Crippen molar-refractivity contribution in [3.8, 4) is 23.5 Å². The number of rotatable bonds is 9. The van der Waals surface area contributed by atoms with Crippen LogP contribution in [-0.4, -0.2) is 12.6 Å². The summed E-state index contributed by atoms with van der Waals surface area (Å²) in [6, 6.07) is 14.3. The van der Waals surface area contributed by atoms with Crippen LogP contribution in [0.5, 0.6) is 17.2 Å². The van der Waals surface area contributed by atoms with E-state index in [2.05, 4.69) is 0 Å². The molecule has 0 radical (unpaired) electrons. The van der Waals surface area contributed by atoms with Crippen LogP contribution in [-0.2, 0) is 4.79 Å². The summed E-state index contributed by atoms with van der Waals surface area (Å²) in [7, 11) is 0. The van der Waals surface area contributed by atoms with Gasteiger partial charge in [0.05, 0.1) is 6.61 Å². The highest BCUT2D eigenvalue weighted by molar-refractivity contribution is 5.72. The minimum absolute atomic E-state index is 0.210. The highest BCUT2D eigenvalue weighted by atomic mass is 16.5. The standard InChI is InChI=1S/C20H21NO4/c1-16-6-8-19(9-7-16)25-20(22)5-3-2-4-14-23-17-10-12-18(13-11-17)24-15-21/h6-13H,2-5,14H2,1H3. The van der Waals surface area contributed by atoms with Gasteiger partial charge in [-0.1, -0.05) is 17.7 Å². The zero-order valence-corrected chi connectivity index (χ0v) is 14.2. The van der Waals surface area contributed by atoms with E-state index in [1.165, 1.54) is 0 Å². The van der Waals surface area contributed by atoms with E-state index in [1.807, 2.05) is 19.1 Å². The number of unbranched alkanes of at least 4 members (excludes halogenated alkanes) is 2. The molecule has 130 valence electrons. The van der Waals surface area contributed by atoms with Crippen molar-refractivity contribution < 1.29 is 19.0 Å². The molecule has 0 atom stereocenters. The average Bonchev–Trinajstić information content (AvgIpc) is 2.61. The average molecular weight is 339 g/mol. The first-order valence-corrected chi connectivity index (χ1v) is 8.23. The van der Waals surface area contributed by atoms with E-state index in [0.29, 0.717) is 24.5 Å². The summed E-state index contributed by atoms with van der Waals surface area (Å²) >= 11 is 0. The number of carbonyl (C=O) groups is 1. The van der Waals surface area contributed by atoms with E-state index in [0.717, 1.165) is 30.6 Å². The number of aryl methyl sites for hydroxylation is 1. The second-order valence-electron chi connectivity index (χ2n) is 5.61. The molecule has 25 heavy (non-hydrogen) atoms. The number of ether oxygens (including phenoxy) is 3. The molecule has 0 amide bonds. The molecule has 5 heteroatoms. The molecule has 0 saturated carbocycles. The summed E-state index contributed by atoms with van der Waals surface area (Å²) in [5.74, 6) is 1.59. The second kappa shape index (κ2) is 9.99. The maximum Gasteiger partial charge on any atom is 0.311 e. The molecule has 2 rings (SSSR count). The van der Waals surface area contributed by atoms with E-state index >= 15 is 0 Å². The molecule has 0 aliphatic rings. The Morgan fingerprint density at radius 3 is 2.24 bits per heavy atom. The van der Waals surface area contributed by atoms with Crippen LogP contribution >= 0.6 is 0 Å². The van der Waals surface area contributed by atoms with Crippen molar-refractivity contribution in [3.05, 3.63) is 54.1 Å². The predicted molar refractivity (Wildman–Crippen MR) is 93.5 cm³/mol. The Balaban J connectivity index is 1.56. The van der Waals surface area contributed by atoms with Gasteiger partial charge < -0.3 is 14.2 Å². The lowest BCUT2D eigenvalue weighted by molar-refractivity contribution is -0.134. The Morgan fingerprint density at radius 1 is 0.920 bits per heavy atom. The molecule has 5 nitrogen and oxygen atoms in total. The molecule has 0 aliphatic heterocycles. The van der Waals surface area contributed by atoms with E-state index < -0.39 is 0 Å². The third-order valence-corrected chi connectivity index (χ3v) is 3.53. The zero-order valence-electron chi connectivity index (χ0n) is 14.2. The molecule has 2 aromatic carbocycles. The fourth-order valence-corrected chi connectivity index (χ4v) is 2.18. The van der Waals surface area contributed by atoms with E-state index in [4.69, 9.17) is 19.5 Å². The van der Waals surface area contributed by atoms with Crippen molar-refractivity contribution in [3.63, 3.8) is 0 Å². The van der Waals surface area contributed by atoms with Crippen LogP contribution in [0.15, 0.2) is 48.5 Å². The lowest BCUT2D eigenvalue weighted by Gasteiger charge is -2.07. The van der Waals surface area contributed by atoms with Crippen molar-refractivity contribution in [2.24, 2.45) is 0 Å². The molecule has 0 unspecified atom stereocenters. The van der Waals surface area contributed by atoms with E-state index in [9.17, 15) is 4.79 Å². The monoisotopic (exact) mass is 339 g/mol. The molecule has 2 aromatic rings. The third kappa shape index (κ3) is 6.96. The Morgan fingerprint density at radius 2 is 1.56 bits per heavy atom. The molecule has 0 aliphatic carbocycles. The van der Waals surface area contributed by atoms with Crippen LogP contribution in [0.1, 0.15) is 31.2 Å². The summed E-state index contributed by atoms with van der Waals surface area (Å²) in [5, 5.41) is 8.41. The first-order chi connectivity index (χ1) is 12.2. The minimum Gasteiger partial charge on any atom is -0.494 e. The van der Waals surface area contributed by atoms with Gasteiger partial charge in [0.25, 0.3) is 6.26 Å². The minimum atomic E-state index is -0.210. The molecule has 0 fully saturated rings. The molecular weight excluding hydrogens is 318 g/mol. The fraction of sp³-hybridized carbons (Fsp3) is 0.300. The summed E-state index contributed by atoms with van der Waals surface area (Å²) in [4.78, 5) is 11.7. The molecule has 0 aromatic heterocycles. The molecule has 0 heterocycles. The quantitative estimate of drug-likeness (QED) is 0.293. The summed E-state index contributed by atoms with van der Waals surface area (Å²) < 4.78 is 15.6. The van der Waals surface area contributed by atoms with Gasteiger partial charge in [0.15, 0.2) is 0 Å². The van der Waals surface area contributed by atoms with Gasteiger partial charge in [-0.25, -0.2) is 0 Å². The van der Waals surface area contributed by atoms with Crippen molar-refractivity contribution >= 4 is 5.97 Å². The Bertz CT molecular complexity index is 702. The van der Waals surface area contributed by atoms with Gasteiger partial charge in [0.1, 0.15) is 17.2 Å². The third-order valence-electron chi connectivity index (χ3n) is 3.53. The zero-order chi connectivity index (χ0) is 17.9. The van der Waals surface area contributed by atoms with Crippen LogP contribution < -0.4 is 14.2 Å². The fourth-order valence-electron chi connectivity index (χ4n) is 2.18. The number of esters is 1. The number of hydrogen-bond acceptors (Lipinski definition) is 5. The van der Waals surface area contributed by atoms with Gasteiger partial charge in [0.2, 0.25) is 0 Å². The van der Waals surface area contributed by atoms with Crippen LogP contribution in [0.25, 0.3) is 0 Å². The number of benzene rings is 2. The number of hydrogen-bond donors (Lipinski definition) is 0. The van der Waals surface area contributed by atoms with Crippen LogP contribution in [0.4, 0.5) is 0 Å². The molecular formula is C20H21NO4. The highest BCUT2D eigenvalue weighted by Crippen LogP contribution is 2.18. The normalized spacial score (nSPS) is 9.92. The smallest absolute Gasteiger partial charge is 0.311 e. The molecule has 0 saturated heterocycles. The van der Waals surface area contributed by atoms with Gasteiger partial charge >= 0.3 is 5.97 Å². The molecule has 0 bridgehead atoms. The van der Waals surface area contributed by atoms with Crippen molar-refractivity contribution in [2.45, 2.75) is 32.6 Å². The maximum atomic E-state index is 11.7. The van der Waals surface area contributed by atoms with Crippen molar-refractivity contribution in [1.29, 1.82) is 5.26 Å². The van der Waals surface area contributed by atoms with Crippen LogP contribution in [0.3, 0.4) is 0 Å². The molecule has 0 N–H and O–H groups in total. The van der Waals surface area contributed by atoms with Gasteiger partial charge in [-0.3, -0.25) is 4.79 Å². The first kappa shape index (κ1) is 18.3.